The van der Waals surface area contributed by atoms with Gasteiger partial charge in [-0.05, 0) is 63.0 Å². The number of aliphatic hydroxyl groups excluding tert-OH is 1. The Balaban J connectivity index is 1.60. The van der Waals surface area contributed by atoms with E-state index in [1.165, 1.54) is 11.2 Å². The molecule has 4 rings (SSSR count). The van der Waals surface area contributed by atoms with Crippen molar-refractivity contribution in [3.8, 4) is 5.75 Å². The van der Waals surface area contributed by atoms with Crippen molar-refractivity contribution in [1.82, 2.24) is 9.80 Å². The van der Waals surface area contributed by atoms with Gasteiger partial charge in [0.05, 0.1) is 11.8 Å². The smallest absolute Gasteiger partial charge is 0.295 e. The Morgan fingerprint density at radius 3 is 2.50 bits per heavy atom. The number of carbonyl (C=O) groups is 2. The number of aliphatic hydroxyl groups is 1. The van der Waals surface area contributed by atoms with Gasteiger partial charge in [0.2, 0.25) is 0 Å². The van der Waals surface area contributed by atoms with Crippen LogP contribution in [0.5, 0.6) is 5.75 Å². The van der Waals surface area contributed by atoms with Crippen LogP contribution in [-0.4, -0.2) is 53.8 Å². The Labute approximate surface area is 198 Å². The first-order valence-corrected chi connectivity index (χ1v) is 11.1. The molecule has 0 saturated carbocycles. The van der Waals surface area contributed by atoms with E-state index in [1.54, 1.807) is 36.4 Å². The maximum atomic E-state index is 12.9. The summed E-state index contributed by atoms with van der Waals surface area (Å²) in [5, 5.41) is 11.1. The summed E-state index contributed by atoms with van der Waals surface area (Å²) in [7, 11) is 3.78. The third-order valence-corrected chi connectivity index (χ3v) is 5.76. The van der Waals surface area contributed by atoms with Gasteiger partial charge >= 0.3 is 0 Å². The molecular formula is C27H28N2O5. The number of carbonyl (C=O) groups excluding carboxylic acids is 2. The Bertz CT molecular complexity index is 1200. The number of hydrogen-bond acceptors (Lipinski definition) is 6. The monoisotopic (exact) mass is 460 g/mol. The molecule has 176 valence electrons. The maximum absolute atomic E-state index is 12.9. The summed E-state index contributed by atoms with van der Waals surface area (Å²) in [5.74, 6) is -0.553. The zero-order valence-corrected chi connectivity index (χ0v) is 19.5. The standard InChI is InChI=1S/C27H28N2O5/c1-18-6-4-7-19(16-18)17-34-21-11-9-20(10-12-21)25(30)23-24(22-8-5-15-33-22)29(14-13-28(2)3)27(32)26(23)31/h4-12,15-16,24,30H,13-14,17H2,1-3H3/b25-23+/t24-/m0/s1. The summed E-state index contributed by atoms with van der Waals surface area (Å²) in [5.41, 5.74) is 2.66. The van der Waals surface area contributed by atoms with Crippen LogP contribution in [0.1, 0.15) is 28.5 Å². The van der Waals surface area contributed by atoms with Crippen molar-refractivity contribution < 1.29 is 23.8 Å². The van der Waals surface area contributed by atoms with E-state index in [9.17, 15) is 14.7 Å². The number of amides is 1. The lowest BCUT2D eigenvalue weighted by molar-refractivity contribution is -0.140. The van der Waals surface area contributed by atoms with E-state index in [2.05, 4.69) is 6.07 Å². The van der Waals surface area contributed by atoms with Gasteiger partial charge in [-0.2, -0.15) is 0 Å². The maximum Gasteiger partial charge on any atom is 0.295 e. The second-order valence-corrected chi connectivity index (χ2v) is 8.61. The Hall–Kier alpha value is -3.84. The average molecular weight is 461 g/mol. The Kier molecular flexibility index (Phi) is 6.84. The third kappa shape index (κ3) is 4.89. The van der Waals surface area contributed by atoms with Crippen molar-refractivity contribution in [2.24, 2.45) is 0 Å². The van der Waals surface area contributed by atoms with E-state index in [1.807, 2.05) is 44.1 Å². The molecule has 0 spiro atoms. The topological polar surface area (TPSA) is 83.2 Å². The fourth-order valence-electron chi connectivity index (χ4n) is 3.99. The third-order valence-electron chi connectivity index (χ3n) is 5.76. The summed E-state index contributed by atoms with van der Waals surface area (Å²) < 4.78 is 11.4. The molecule has 0 radical (unpaired) electrons. The normalized spacial score (nSPS) is 17.5. The molecule has 1 fully saturated rings. The first-order valence-electron chi connectivity index (χ1n) is 11.1. The predicted octanol–water partition coefficient (Wildman–Crippen LogP) is 4.15. The average Bonchev–Trinajstić information content (AvgIpc) is 3.43. The highest BCUT2D eigenvalue weighted by Gasteiger charge is 2.47. The van der Waals surface area contributed by atoms with Gasteiger partial charge in [-0.3, -0.25) is 9.59 Å². The van der Waals surface area contributed by atoms with Gasteiger partial charge in [-0.15, -0.1) is 0 Å². The van der Waals surface area contributed by atoms with Crippen molar-refractivity contribution in [2.45, 2.75) is 19.6 Å². The van der Waals surface area contributed by atoms with Crippen molar-refractivity contribution in [1.29, 1.82) is 0 Å². The number of nitrogens with zero attached hydrogens (tertiary/aromatic N) is 2. The van der Waals surface area contributed by atoms with Gasteiger partial charge in [0.25, 0.3) is 11.7 Å². The number of likely N-dealkylation sites (N-methyl/N-ethyl adjacent to an activating group) is 1. The van der Waals surface area contributed by atoms with Crippen LogP contribution in [0.2, 0.25) is 0 Å². The zero-order chi connectivity index (χ0) is 24.2. The molecule has 7 heteroatoms. The molecule has 1 saturated heterocycles. The van der Waals surface area contributed by atoms with Gasteiger partial charge in [0, 0.05) is 18.7 Å². The van der Waals surface area contributed by atoms with Crippen molar-refractivity contribution in [3.05, 3.63) is 95.0 Å². The second kappa shape index (κ2) is 9.97. The fraction of sp³-hybridized carbons (Fsp3) is 0.259. The molecular weight excluding hydrogens is 432 g/mol. The number of hydrogen-bond donors (Lipinski definition) is 1. The van der Waals surface area contributed by atoms with Crippen LogP contribution in [0.25, 0.3) is 5.76 Å². The lowest BCUT2D eigenvalue weighted by Gasteiger charge is -2.24. The molecule has 1 aliphatic heterocycles. The molecule has 0 aliphatic carbocycles. The minimum Gasteiger partial charge on any atom is -0.507 e. The molecule has 7 nitrogen and oxygen atoms in total. The van der Waals surface area contributed by atoms with E-state index < -0.39 is 17.7 Å². The van der Waals surface area contributed by atoms with Gasteiger partial charge in [0.15, 0.2) is 0 Å². The van der Waals surface area contributed by atoms with E-state index in [4.69, 9.17) is 9.15 Å². The first kappa shape index (κ1) is 23.3. The number of furan rings is 1. The number of ether oxygens (including phenoxy) is 1. The number of Topliss-reactive ketones (excluding diaryl/α,β-unsaturated/α-hetero) is 1. The summed E-state index contributed by atoms with van der Waals surface area (Å²) in [6, 6.07) is 17.5. The molecule has 0 bridgehead atoms. The highest BCUT2D eigenvalue weighted by molar-refractivity contribution is 6.46. The minimum absolute atomic E-state index is 0.0205. The van der Waals surface area contributed by atoms with Crippen LogP contribution < -0.4 is 4.74 Å². The number of benzene rings is 2. The molecule has 2 heterocycles. The van der Waals surface area contributed by atoms with Crippen LogP contribution >= 0.6 is 0 Å². The number of aryl methyl sites for hydroxylation is 1. The first-order chi connectivity index (χ1) is 16.3. The summed E-state index contributed by atoms with van der Waals surface area (Å²) >= 11 is 0. The molecule has 1 atom stereocenters. The lowest BCUT2D eigenvalue weighted by Crippen LogP contribution is -2.35. The zero-order valence-electron chi connectivity index (χ0n) is 19.5. The van der Waals surface area contributed by atoms with Crippen LogP contribution in [0.4, 0.5) is 0 Å². The number of likely N-dealkylation sites (tertiary alicyclic amines) is 1. The molecule has 1 aliphatic rings. The molecule has 34 heavy (non-hydrogen) atoms. The SMILES string of the molecule is Cc1cccc(COc2ccc(/C(O)=C3\C(=O)C(=O)N(CCN(C)C)[C@H]3c3ccco3)cc2)c1. The van der Waals surface area contributed by atoms with E-state index >= 15 is 0 Å². The van der Waals surface area contributed by atoms with Gasteiger partial charge in [0.1, 0.15) is 29.9 Å². The van der Waals surface area contributed by atoms with Crippen LogP contribution in [-0.2, 0) is 16.2 Å². The number of ketones is 1. The molecule has 1 amide bonds. The van der Waals surface area contributed by atoms with Crippen molar-refractivity contribution >= 4 is 17.4 Å². The molecule has 1 N–H and O–H groups in total. The molecule has 3 aromatic rings. The van der Waals surface area contributed by atoms with Crippen LogP contribution in [0.3, 0.4) is 0 Å². The van der Waals surface area contributed by atoms with Gasteiger partial charge in [-0.25, -0.2) is 0 Å². The highest BCUT2D eigenvalue weighted by Crippen LogP contribution is 2.39. The van der Waals surface area contributed by atoms with E-state index in [0.717, 1.165) is 11.1 Å². The van der Waals surface area contributed by atoms with Crippen molar-refractivity contribution in [2.75, 3.05) is 27.2 Å². The van der Waals surface area contributed by atoms with Crippen LogP contribution in [0.15, 0.2) is 76.9 Å². The number of rotatable bonds is 8. The van der Waals surface area contributed by atoms with Gasteiger partial charge < -0.3 is 24.1 Å². The van der Waals surface area contributed by atoms with E-state index in [-0.39, 0.29) is 11.3 Å². The molecule has 1 aromatic heterocycles. The Morgan fingerprint density at radius 2 is 1.85 bits per heavy atom. The van der Waals surface area contributed by atoms with Gasteiger partial charge in [-0.1, -0.05) is 29.8 Å². The predicted molar refractivity (Wildman–Crippen MR) is 128 cm³/mol. The summed E-state index contributed by atoms with van der Waals surface area (Å²) in [6.07, 6.45) is 1.49. The second-order valence-electron chi connectivity index (χ2n) is 8.61. The minimum atomic E-state index is -0.785. The molecule has 2 aromatic carbocycles. The summed E-state index contributed by atoms with van der Waals surface area (Å²) in [6.45, 7) is 3.34. The van der Waals surface area contributed by atoms with E-state index in [0.29, 0.717) is 36.8 Å². The van der Waals surface area contributed by atoms with Crippen molar-refractivity contribution in [3.63, 3.8) is 0 Å². The lowest BCUT2D eigenvalue weighted by atomic mass is 9.99. The quantitative estimate of drug-likeness (QED) is 0.309. The highest BCUT2D eigenvalue weighted by atomic mass is 16.5. The largest absolute Gasteiger partial charge is 0.507 e. The van der Waals surface area contributed by atoms with Crippen LogP contribution in [0, 0.1) is 6.92 Å². The molecule has 0 unspecified atom stereocenters. The Morgan fingerprint density at radius 1 is 1.09 bits per heavy atom. The fourth-order valence-corrected chi connectivity index (χ4v) is 3.99. The summed E-state index contributed by atoms with van der Waals surface area (Å²) in [4.78, 5) is 29.1.